The lowest BCUT2D eigenvalue weighted by Crippen LogP contribution is -2.52. The van der Waals surface area contributed by atoms with Crippen molar-refractivity contribution in [3.05, 3.63) is 53.3 Å². The number of amides is 2. The third-order valence-corrected chi connectivity index (χ3v) is 7.36. The summed E-state index contributed by atoms with van der Waals surface area (Å²) in [6, 6.07) is 10.9. The average Bonchev–Trinajstić information content (AvgIpc) is 3.45. The number of nitrogens with zero attached hydrogens (tertiary/aromatic N) is 3. The standard InChI is InChI=1S/C27H35BF2N4O5/c1-26(2,33-16-21(29)22(30)17-33)12-10-20(15-31)24(35)34-13-7-11-27(34,3)18-39-25(36)32-23(28(37)38)14-19-8-5-4-6-9-19/h4-6,8-9,12,21-23,37-38H,7,11,13-14,16-18H2,1-3H3,(H,32,36)/t10?,21-,22+,23-,27+/m0/s1. The van der Waals surface area contributed by atoms with Gasteiger partial charge in [-0.3, -0.25) is 9.69 Å². The van der Waals surface area contributed by atoms with Crippen LogP contribution in [0, 0.1) is 11.3 Å². The Morgan fingerprint density at radius 1 is 1.28 bits per heavy atom. The van der Waals surface area contributed by atoms with Gasteiger partial charge in [-0.25, -0.2) is 13.6 Å². The summed E-state index contributed by atoms with van der Waals surface area (Å²) in [5.74, 6) is -1.60. The van der Waals surface area contributed by atoms with E-state index < -0.39 is 48.5 Å². The van der Waals surface area contributed by atoms with Gasteiger partial charge in [0, 0.05) is 25.2 Å². The van der Waals surface area contributed by atoms with Gasteiger partial charge in [0.2, 0.25) is 0 Å². The summed E-state index contributed by atoms with van der Waals surface area (Å²) in [5, 5.41) is 31.5. The molecule has 4 atom stereocenters. The number of carbonyl (C=O) groups is 2. The van der Waals surface area contributed by atoms with E-state index in [9.17, 15) is 33.7 Å². The minimum Gasteiger partial charge on any atom is -0.447 e. The van der Waals surface area contributed by atoms with Gasteiger partial charge in [0.25, 0.3) is 5.91 Å². The molecule has 39 heavy (non-hydrogen) atoms. The molecule has 0 saturated carbocycles. The molecule has 2 aliphatic heterocycles. The molecule has 0 spiro atoms. The van der Waals surface area contributed by atoms with Crippen molar-refractivity contribution in [2.75, 3.05) is 26.2 Å². The molecule has 1 aromatic rings. The molecule has 2 amide bonds. The van der Waals surface area contributed by atoms with Gasteiger partial charge in [-0.2, -0.15) is 5.26 Å². The number of alkyl halides is 2. The summed E-state index contributed by atoms with van der Waals surface area (Å²) < 4.78 is 32.7. The van der Waals surface area contributed by atoms with E-state index in [4.69, 9.17) is 4.74 Å². The van der Waals surface area contributed by atoms with E-state index in [-0.39, 0.29) is 31.7 Å². The lowest BCUT2D eigenvalue weighted by Gasteiger charge is -2.34. The third kappa shape index (κ3) is 7.67. The average molecular weight is 544 g/mol. The van der Waals surface area contributed by atoms with Crippen molar-refractivity contribution in [2.24, 2.45) is 0 Å². The lowest BCUT2D eigenvalue weighted by molar-refractivity contribution is -0.131. The number of carbonyl (C=O) groups excluding carboxylic acids is 2. The van der Waals surface area contributed by atoms with E-state index in [1.54, 1.807) is 49.9 Å². The highest BCUT2D eigenvalue weighted by atomic mass is 19.2. The van der Waals surface area contributed by atoms with Crippen LogP contribution in [-0.2, 0) is 16.0 Å². The fourth-order valence-electron chi connectivity index (χ4n) is 4.84. The summed E-state index contributed by atoms with van der Waals surface area (Å²) >= 11 is 0. The van der Waals surface area contributed by atoms with Crippen molar-refractivity contribution >= 4 is 19.1 Å². The first kappa shape index (κ1) is 30.3. The molecule has 0 radical (unpaired) electrons. The molecule has 0 aromatic heterocycles. The van der Waals surface area contributed by atoms with Gasteiger partial charge in [-0.15, -0.1) is 0 Å². The molecule has 3 rings (SSSR count). The molecular formula is C27H35BF2N4O5. The number of ether oxygens (including phenoxy) is 1. The predicted octanol–water partition coefficient (Wildman–Crippen LogP) is 2.09. The summed E-state index contributed by atoms with van der Waals surface area (Å²) in [6.07, 6.45) is -1.27. The first-order valence-corrected chi connectivity index (χ1v) is 12.9. The zero-order chi connectivity index (χ0) is 28.8. The first-order chi connectivity index (χ1) is 18.4. The second-order valence-electron chi connectivity index (χ2n) is 10.9. The van der Waals surface area contributed by atoms with Crippen LogP contribution < -0.4 is 5.32 Å². The molecule has 2 aliphatic rings. The van der Waals surface area contributed by atoms with Gasteiger partial charge in [0.15, 0.2) is 5.57 Å². The van der Waals surface area contributed by atoms with E-state index >= 15 is 0 Å². The number of benzene rings is 1. The maximum Gasteiger partial charge on any atom is 0.475 e. The van der Waals surface area contributed by atoms with Crippen molar-refractivity contribution in [1.82, 2.24) is 15.1 Å². The Morgan fingerprint density at radius 2 is 1.92 bits per heavy atom. The van der Waals surface area contributed by atoms with Crippen LogP contribution in [0.5, 0.6) is 0 Å². The zero-order valence-electron chi connectivity index (χ0n) is 22.4. The van der Waals surface area contributed by atoms with Gasteiger partial charge in [0.1, 0.15) is 25.0 Å². The highest BCUT2D eigenvalue weighted by molar-refractivity contribution is 6.43. The van der Waals surface area contributed by atoms with Gasteiger partial charge < -0.3 is 25.0 Å². The second-order valence-corrected chi connectivity index (χ2v) is 10.9. The molecule has 12 heteroatoms. The summed E-state index contributed by atoms with van der Waals surface area (Å²) in [6.45, 7) is 5.17. The largest absolute Gasteiger partial charge is 0.475 e. The van der Waals surface area contributed by atoms with Crippen molar-refractivity contribution in [1.29, 1.82) is 5.26 Å². The molecule has 1 aromatic carbocycles. The number of alkyl carbamates (subject to hydrolysis) is 1. The van der Waals surface area contributed by atoms with Crippen LogP contribution in [0.1, 0.15) is 39.2 Å². The highest BCUT2D eigenvalue weighted by Crippen LogP contribution is 2.31. The first-order valence-electron chi connectivity index (χ1n) is 12.9. The monoisotopic (exact) mass is 544 g/mol. The fourth-order valence-corrected chi connectivity index (χ4v) is 4.84. The maximum atomic E-state index is 13.7. The SMILES string of the molecule is CC(C)(C=C=C(C#N)C(=O)N1CCC[C@]1(C)COC(=O)N[C@@H](Cc1ccccc1)B(O)O)N1C[C@@H](F)[C@@H](F)C1. The molecule has 2 heterocycles. The smallest absolute Gasteiger partial charge is 0.447 e. The lowest BCUT2D eigenvalue weighted by atomic mass is 9.76. The van der Waals surface area contributed by atoms with E-state index in [1.807, 2.05) is 12.1 Å². The Hall–Kier alpha value is -3.23. The van der Waals surface area contributed by atoms with Crippen LogP contribution in [0.4, 0.5) is 13.6 Å². The topological polar surface area (TPSA) is 126 Å². The Labute approximate surface area is 227 Å². The summed E-state index contributed by atoms with van der Waals surface area (Å²) in [7, 11) is -1.82. The van der Waals surface area contributed by atoms with Crippen LogP contribution in [0.15, 0.2) is 47.7 Å². The van der Waals surface area contributed by atoms with Crippen LogP contribution in [0.3, 0.4) is 0 Å². The molecular weight excluding hydrogens is 509 g/mol. The van der Waals surface area contributed by atoms with Crippen molar-refractivity contribution in [3.63, 3.8) is 0 Å². The normalized spacial score (nSPS) is 23.9. The highest BCUT2D eigenvalue weighted by Gasteiger charge is 2.43. The Morgan fingerprint density at radius 3 is 2.51 bits per heavy atom. The Bertz CT molecular complexity index is 1130. The maximum absolute atomic E-state index is 13.7. The Kier molecular flexibility index (Phi) is 9.91. The number of nitrogens with one attached hydrogen (secondary N) is 1. The number of hydrogen-bond donors (Lipinski definition) is 3. The van der Waals surface area contributed by atoms with Crippen LogP contribution in [0.2, 0.25) is 0 Å². The van der Waals surface area contributed by atoms with Crippen LogP contribution in [0.25, 0.3) is 0 Å². The molecule has 2 saturated heterocycles. The number of hydrogen-bond acceptors (Lipinski definition) is 7. The number of nitriles is 1. The van der Waals surface area contributed by atoms with Crippen molar-refractivity contribution in [2.45, 2.75) is 69.4 Å². The number of rotatable bonds is 9. The van der Waals surface area contributed by atoms with Crippen LogP contribution >= 0.6 is 0 Å². The van der Waals surface area contributed by atoms with Gasteiger partial charge in [-0.05, 0) is 51.7 Å². The summed E-state index contributed by atoms with van der Waals surface area (Å²) in [4.78, 5) is 28.8. The molecule has 0 aliphatic carbocycles. The van der Waals surface area contributed by atoms with E-state index in [0.717, 1.165) is 5.56 Å². The molecule has 210 valence electrons. The third-order valence-electron chi connectivity index (χ3n) is 7.36. The molecule has 0 unspecified atom stereocenters. The number of halogens is 2. The van der Waals surface area contributed by atoms with E-state index in [2.05, 4.69) is 11.0 Å². The van der Waals surface area contributed by atoms with E-state index in [1.165, 1.54) is 11.0 Å². The van der Waals surface area contributed by atoms with Gasteiger partial charge in [0.05, 0.1) is 11.5 Å². The van der Waals surface area contributed by atoms with Gasteiger partial charge in [-0.1, -0.05) is 36.1 Å². The van der Waals surface area contributed by atoms with Gasteiger partial charge >= 0.3 is 13.2 Å². The molecule has 2 fully saturated rings. The molecule has 9 nitrogen and oxygen atoms in total. The number of likely N-dealkylation sites (tertiary alicyclic amines) is 2. The van der Waals surface area contributed by atoms with Crippen molar-refractivity contribution in [3.8, 4) is 6.07 Å². The minimum atomic E-state index is -1.82. The molecule has 3 N–H and O–H groups in total. The molecule has 0 bridgehead atoms. The Balaban J connectivity index is 1.65. The van der Waals surface area contributed by atoms with Crippen molar-refractivity contribution < 1.29 is 33.2 Å². The minimum absolute atomic E-state index is 0.0920. The zero-order valence-corrected chi connectivity index (χ0v) is 22.4. The fraction of sp³-hybridized carbons (Fsp3) is 0.556. The van der Waals surface area contributed by atoms with Crippen LogP contribution in [-0.4, -0.2) is 94.6 Å². The van der Waals surface area contributed by atoms with E-state index in [0.29, 0.717) is 19.4 Å². The second kappa shape index (κ2) is 12.8. The summed E-state index contributed by atoms with van der Waals surface area (Å²) in [5.41, 5.74) is 1.52. The quantitative estimate of drug-likeness (QED) is 0.188. The predicted molar refractivity (Wildman–Crippen MR) is 141 cm³/mol.